The number of rotatable bonds is 62. The molecule has 0 radical (unpaired) electrons. The van der Waals surface area contributed by atoms with Crippen LogP contribution in [-0.4, -0.2) is 373 Å². The molecular formula is C82H133N25O32. The number of guanidine groups is 1. The van der Waals surface area contributed by atoms with E-state index in [1.807, 2.05) is 0 Å². The largest absolute Gasteiger partial charge is 0.481 e. The van der Waals surface area contributed by atoms with Crippen LogP contribution in [0, 0.1) is 17.2 Å². The second-order valence-corrected chi connectivity index (χ2v) is 34.2. The number of nitrogens with zero attached hydrogens (tertiary/aromatic N) is 3. The molecule has 3 aliphatic rings. The van der Waals surface area contributed by atoms with Crippen LogP contribution in [0.15, 0.2) is 0 Å². The summed E-state index contributed by atoms with van der Waals surface area (Å²) in [6, 6.07) is -26.6. The van der Waals surface area contributed by atoms with Crippen molar-refractivity contribution in [2.75, 3.05) is 65.6 Å². The van der Waals surface area contributed by atoms with Gasteiger partial charge in [0.05, 0.1) is 51.7 Å². The van der Waals surface area contributed by atoms with E-state index in [2.05, 4.69) is 90.4 Å². The van der Waals surface area contributed by atoms with Gasteiger partial charge < -0.3 is 164 Å². The predicted octanol–water partition coefficient (Wildman–Crippen LogP) is -12.9. The lowest BCUT2D eigenvalue weighted by atomic mass is 10.0. The highest BCUT2D eigenvalue weighted by Crippen LogP contribution is 2.24. The average Bonchev–Trinajstić information content (AvgIpc) is 1.71. The molecule has 0 unspecified atom stereocenters. The molecule has 0 bridgehead atoms. The number of primary amides is 1. The normalized spacial score (nSPS) is 17.4. The number of hydrogen-bond donors (Lipinski definition) is 29. The van der Waals surface area contributed by atoms with Gasteiger partial charge in [-0.25, -0.2) is 4.79 Å². The summed E-state index contributed by atoms with van der Waals surface area (Å²) in [6.45, 7) is 4.93. The Morgan fingerprint density at radius 2 is 0.755 bits per heavy atom. The molecule has 33 N–H and O–H groups in total. The Morgan fingerprint density at radius 1 is 0.367 bits per heavy atom. The number of carbonyl (C=O) groups excluding carboxylic acids is 20. The highest BCUT2D eigenvalue weighted by molar-refractivity contribution is 6.03. The van der Waals surface area contributed by atoms with Crippen LogP contribution in [0.5, 0.6) is 0 Å². The Bertz CT molecular complexity index is 4420. The van der Waals surface area contributed by atoms with Gasteiger partial charge >= 0.3 is 29.8 Å². The summed E-state index contributed by atoms with van der Waals surface area (Å²) in [6.07, 6.45) is -5.10. The fourth-order valence-electron chi connectivity index (χ4n) is 14.6. The number of carboxylic acid groups (broad SMARTS) is 5. The van der Waals surface area contributed by atoms with Gasteiger partial charge in [-0.3, -0.25) is 120 Å². The highest BCUT2D eigenvalue weighted by Gasteiger charge is 2.45. The third-order valence-corrected chi connectivity index (χ3v) is 22.0. The van der Waals surface area contributed by atoms with Crippen molar-refractivity contribution >= 4 is 154 Å². The van der Waals surface area contributed by atoms with Crippen LogP contribution < -0.4 is 113 Å². The zero-order chi connectivity index (χ0) is 105. The molecule has 3 saturated heterocycles. The third kappa shape index (κ3) is 41.8. The van der Waals surface area contributed by atoms with E-state index in [9.17, 15) is 151 Å². The average molecular weight is 1980 g/mol. The smallest absolute Gasteiger partial charge is 0.326 e. The second-order valence-electron chi connectivity index (χ2n) is 34.2. The molecule has 139 heavy (non-hydrogen) atoms. The van der Waals surface area contributed by atoms with Gasteiger partial charge in [-0.2, -0.15) is 0 Å². The first-order valence-electron chi connectivity index (χ1n) is 45.1. The molecule has 3 aliphatic heterocycles. The van der Waals surface area contributed by atoms with Crippen molar-refractivity contribution < 1.29 is 156 Å². The summed E-state index contributed by atoms with van der Waals surface area (Å²) in [5.74, 6) is -29.8. The number of likely N-dealkylation sites (tertiary alicyclic amines) is 3. The van der Waals surface area contributed by atoms with E-state index in [0.29, 0.717) is 6.42 Å². The first kappa shape index (κ1) is 119. The Morgan fingerprint density at radius 3 is 1.25 bits per heavy atom. The van der Waals surface area contributed by atoms with E-state index in [0.717, 1.165) is 14.7 Å². The summed E-state index contributed by atoms with van der Waals surface area (Å²) >= 11 is 0. The number of nitrogens with one attached hydrogen (secondary N) is 18. The van der Waals surface area contributed by atoms with E-state index in [1.54, 1.807) is 13.8 Å². The molecule has 0 aromatic carbocycles. The Labute approximate surface area is 797 Å². The number of nitrogens with two attached hydrogens (primary N) is 4. The summed E-state index contributed by atoms with van der Waals surface area (Å²) in [5, 5.41) is 115. The Hall–Kier alpha value is -14.1. The van der Waals surface area contributed by atoms with Crippen molar-refractivity contribution in [3.63, 3.8) is 0 Å². The van der Waals surface area contributed by atoms with Crippen LogP contribution in [0.4, 0.5) is 0 Å². The maximum absolute atomic E-state index is 14.0. The van der Waals surface area contributed by atoms with Crippen molar-refractivity contribution in [2.45, 2.75) is 280 Å². The molecular weight excluding hydrogens is 1850 g/mol. The highest BCUT2D eigenvalue weighted by atomic mass is 16.4. The van der Waals surface area contributed by atoms with Crippen molar-refractivity contribution in [3.05, 3.63) is 0 Å². The molecule has 57 nitrogen and oxygen atoms in total. The third-order valence-electron chi connectivity index (χ3n) is 22.0. The Balaban J connectivity index is 1.69. The molecule has 0 aromatic heterocycles. The molecule has 20 amide bonds. The van der Waals surface area contributed by atoms with Crippen molar-refractivity contribution in [1.82, 2.24) is 105 Å². The number of carbonyl (C=O) groups is 25. The monoisotopic (exact) mass is 1980 g/mol. The van der Waals surface area contributed by atoms with Crippen molar-refractivity contribution in [1.29, 1.82) is 5.41 Å². The minimum absolute atomic E-state index is 0.0195. The van der Waals surface area contributed by atoms with Gasteiger partial charge in [0.1, 0.15) is 96.7 Å². The fraction of sp³-hybridized carbons (Fsp3) is 0.683. The van der Waals surface area contributed by atoms with Gasteiger partial charge in [0.15, 0.2) is 5.96 Å². The van der Waals surface area contributed by atoms with Gasteiger partial charge in [-0.05, 0) is 135 Å². The van der Waals surface area contributed by atoms with Gasteiger partial charge in [-0.15, -0.1) is 0 Å². The lowest BCUT2D eigenvalue weighted by Crippen LogP contribution is -2.60. The van der Waals surface area contributed by atoms with E-state index in [-0.39, 0.29) is 109 Å². The predicted molar refractivity (Wildman–Crippen MR) is 478 cm³/mol. The quantitative estimate of drug-likeness (QED) is 0.0153. The number of carboxylic acids is 5. The standard InChI is InChI=1S/C82H133N25O32/c1-38(2)30-48(72(129)98-47(81(138)139)21-24-61(116)117)100-76(133)54-17-12-28-106(54)79(136)42(7)93-71(128)50(32-63(120)121)99-70(127)45(19-22-56(85)110)95-57(111)33-89-67(124)43(14-8-9-25-83)96-66(123)41(6)92-69(126)44(15-10-26-88-82(86)87)94-58(112)34-90-78(135)64(39(3)4)104-74(131)52(37-109)103-75(132)53-16-11-27-105(53)59(113)35-91-68(125)49(31-62(118)119)101-77(134)55-18-13-29-107(55)80(137)46(20-23-60(114)115)97-73(130)51(36-108)102-65(122)40(5)84/h38-55,64,108-109H,8-37,83-84H2,1-7H3,(H2,85,110)(H,89,124)(H,90,135)(H,91,125)(H,92,126)(H,93,128)(H,94,112)(H,95,111)(H,96,123)(H,97,130)(H,98,129)(H,99,127)(H,100,133)(H,101,134)(H,102,122)(H,103,132)(H,104,131)(H,114,115)(H,116,117)(H,118,119)(H,120,121)(H,138,139)(H4,86,87,88)/t40-,41-,42-,43-,44-,45-,46-,47-,48-,49-,50-,51-,52-,53-,54-,55-,64-/m0/s1. The second kappa shape index (κ2) is 59.8. The van der Waals surface area contributed by atoms with Crippen LogP contribution in [0.25, 0.3) is 0 Å². The summed E-state index contributed by atoms with van der Waals surface area (Å²) in [4.78, 5) is 334. The molecule has 0 saturated carbocycles. The number of aliphatic hydroxyl groups excluding tert-OH is 2. The molecule has 0 aliphatic carbocycles. The molecule has 3 heterocycles. The van der Waals surface area contributed by atoms with Crippen LogP contribution in [-0.2, 0) is 120 Å². The number of hydrogen-bond acceptors (Lipinski definition) is 30. The molecule has 3 rings (SSSR count). The molecule has 17 atom stereocenters. The maximum Gasteiger partial charge on any atom is 0.326 e. The lowest BCUT2D eigenvalue weighted by Gasteiger charge is -2.30. The number of aliphatic hydroxyl groups is 2. The topological polar surface area (TPSA) is 911 Å². The summed E-state index contributed by atoms with van der Waals surface area (Å²) in [7, 11) is 0. The van der Waals surface area contributed by atoms with E-state index in [4.69, 9.17) is 33.5 Å². The first-order chi connectivity index (χ1) is 65.2. The maximum atomic E-state index is 14.0. The molecule has 0 spiro atoms. The molecule has 0 aromatic rings. The van der Waals surface area contributed by atoms with Crippen LogP contribution in [0.1, 0.15) is 177 Å². The minimum atomic E-state index is -2.01. The zero-order valence-electron chi connectivity index (χ0n) is 78.2. The molecule has 57 heteroatoms. The van der Waals surface area contributed by atoms with Crippen molar-refractivity contribution in [3.8, 4) is 0 Å². The number of unbranched alkanes of at least 4 members (excludes halogenated alkanes) is 1. The van der Waals surface area contributed by atoms with E-state index < -0.39 is 347 Å². The van der Waals surface area contributed by atoms with Gasteiger partial charge in [0.25, 0.3) is 0 Å². The van der Waals surface area contributed by atoms with E-state index in [1.165, 1.54) is 34.6 Å². The molecule has 3 fully saturated rings. The SMILES string of the molecule is CC(C)C[C@H](NC(=O)[C@@H]1CCCN1C(=O)[C@H](C)NC(=O)[C@H](CC(=O)O)NC(=O)[C@H](CCC(N)=O)NC(=O)CNC(=O)[C@H](CCCCN)NC(=O)[C@H](C)NC(=O)[C@H](CCCNC(=N)N)NC(=O)CNC(=O)[C@@H](NC(=O)[C@H](CO)NC(=O)[C@@H]1CCCN1C(=O)CNC(=O)[C@H](CC(=O)O)NC(=O)[C@@H]1CCCN1C(=O)[C@H](CCC(=O)O)NC(=O)[C@H](CO)NC(=O)[C@H](C)N)C(C)C)C(=O)N[C@@H](CCC(=O)O)C(=O)O. The Kier molecular flexibility index (Phi) is 51.2. The van der Waals surface area contributed by atoms with Gasteiger partial charge in [0, 0.05) is 45.4 Å². The van der Waals surface area contributed by atoms with Gasteiger partial charge in [-0.1, -0.05) is 27.7 Å². The number of aliphatic carboxylic acids is 5. The summed E-state index contributed by atoms with van der Waals surface area (Å²) in [5.41, 5.74) is 22.0. The minimum Gasteiger partial charge on any atom is -0.481 e. The van der Waals surface area contributed by atoms with Crippen molar-refractivity contribution in [2.24, 2.45) is 34.8 Å². The van der Waals surface area contributed by atoms with E-state index >= 15 is 0 Å². The number of amides is 20. The lowest BCUT2D eigenvalue weighted by molar-refractivity contribution is -0.145. The molecule has 778 valence electrons. The van der Waals surface area contributed by atoms with Crippen LogP contribution in [0.2, 0.25) is 0 Å². The van der Waals surface area contributed by atoms with Crippen LogP contribution in [0.3, 0.4) is 0 Å². The van der Waals surface area contributed by atoms with Crippen LogP contribution >= 0.6 is 0 Å². The zero-order valence-corrected chi connectivity index (χ0v) is 78.2. The van der Waals surface area contributed by atoms with Gasteiger partial charge in [0.2, 0.25) is 118 Å². The fourth-order valence-corrected chi connectivity index (χ4v) is 14.6. The summed E-state index contributed by atoms with van der Waals surface area (Å²) < 4.78 is 0. The first-order valence-corrected chi connectivity index (χ1v) is 45.1.